The van der Waals surface area contributed by atoms with Gasteiger partial charge in [-0.3, -0.25) is 14.6 Å². The molecule has 3 heterocycles. The van der Waals surface area contributed by atoms with Gasteiger partial charge in [-0.25, -0.2) is 9.98 Å². The number of benzene rings is 1. The summed E-state index contributed by atoms with van der Waals surface area (Å²) < 4.78 is 2.05. The number of amides is 1. The zero-order chi connectivity index (χ0) is 18.1. The van der Waals surface area contributed by atoms with Crippen LogP contribution >= 0.6 is 0 Å². The van der Waals surface area contributed by atoms with Gasteiger partial charge >= 0.3 is 0 Å². The Morgan fingerprint density at radius 3 is 2.81 bits per heavy atom. The van der Waals surface area contributed by atoms with E-state index in [4.69, 9.17) is 9.98 Å². The molecule has 6 nitrogen and oxygen atoms in total. The number of aromatic nitrogens is 2. The highest BCUT2D eigenvalue weighted by Gasteiger charge is 2.54. The number of nitrogens with zero attached hydrogens (tertiary/aromatic N) is 5. The number of guanidine groups is 1. The molecule has 1 fully saturated rings. The molecule has 2 aromatic rings. The van der Waals surface area contributed by atoms with E-state index in [0.29, 0.717) is 18.3 Å². The maximum Gasteiger partial charge on any atom is 0.280 e. The van der Waals surface area contributed by atoms with E-state index in [0.717, 1.165) is 36.0 Å². The minimum absolute atomic E-state index is 0.0184. The molecular formula is C20H23N5O. The fourth-order valence-corrected chi connectivity index (χ4v) is 4.71. The molecule has 134 valence electrons. The van der Waals surface area contributed by atoms with E-state index >= 15 is 0 Å². The summed E-state index contributed by atoms with van der Waals surface area (Å²) in [6, 6.07) is 10.5. The van der Waals surface area contributed by atoms with E-state index in [2.05, 4.69) is 24.0 Å². The van der Waals surface area contributed by atoms with Gasteiger partial charge in [-0.1, -0.05) is 30.3 Å². The van der Waals surface area contributed by atoms with Crippen LogP contribution in [0.4, 0.5) is 5.82 Å². The van der Waals surface area contributed by atoms with Crippen molar-refractivity contribution in [1.82, 2.24) is 14.5 Å². The molecule has 0 N–H and O–H groups in total. The Kier molecular flexibility index (Phi) is 3.12. The van der Waals surface area contributed by atoms with Gasteiger partial charge in [-0.15, -0.1) is 0 Å². The molecule has 0 spiro atoms. The number of imidazole rings is 1. The first-order valence-electron chi connectivity index (χ1n) is 9.28. The van der Waals surface area contributed by atoms with Crippen molar-refractivity contribution in [2.24, 2.45) is 4.99 Å². The Bertz CT molecular complexity index is 931. The largest absolute Gasteiger partial charge is 0.318 e. The molecule has 1 saturated carbocycles. The van der Waals surface area contributed by atoms with Crippen LogP contribution in [0.2, 0.25) is 0 Å². The van der Waals surface area contributed by atoms with Gasteiger partial charge in [0.1, 0.15) is 5.82 Å². The third kappa shape index (κ3) is 1.95. The van der Waals surface area contributed by atoms with Crippen molar-refractivity contribution in [3.05, 3.63) is 47.4 Å². The molecule has 1 aromatic carbocycles. The van der Waals surface area contributed by atoms with Crippen LogP contribution in [0, 0.1) is 6.92 Å². The zero-order valence-corrected chi connectivity index (χ0v) is 15.4. The molecule has 26 heavy (non-hydrogen) atoms. The van der Waals surface area contributed by atoms with Gasteiger partial charge in [0.2, 0.25) is 5.96 Å². The van der Waals surface area contributed by atoms with Crippen LogP contribution in [0.1, 0.15) is 48.1 Å². The minimum atomic E-state index is -0.109. The van der Waals surface area contributed by atoms with Gasteiger partial charge in [0.15, 0.2) is 11.5 Å². The van der Waals surface area contributed by atoms with Crippen molar-refractivity contribution in [3.63, 3.8) is 0 Å². The molecule has 1 unspecified atom stereocenters. The summed E-state index contributed by atoms with van der Waals surface area (Å²) in [4.78, 5) is 26.9. The highest BCUT2D eigenvalue weighted by Crippen LogP contribution is 2.46. The number of carbonyl (C=O) groups excluding carboxylic acids is 1. The van der Waals surface area contributed by atoms with Gasteiger partial charge < -0.3 is 4.57 Å². The average Bonchev–Trinajstić information content (AvgIpc) is 3.23. The monoisotopic (exact) mass is 349 g/mol. The second-order valence-electron chi connectivity index (χ2n) is 7.81. The number of rotatable bonds is 2. The van der Waals surface area contributed by atoms with Crippen molar-refractivity contribution in [2.75, 3.05) is 11.9 Å². The standard InChI is InChI=1S/C20H23N5O/c1-13-21-17-16(24(13)12-14-8-5-4-6-9-14)18(26)23(3)19-22-20(2)11-7-10-15(20)25(17)19/h4-6,8-9,15H,7,10-12H2,1-3H3/t15?,20-/m0/s1. The maximum atomic E-state index is 13.2. The van der Waals surface area contributed by atoms with Crippen LogP contribution in [-0.2, 0) is 6.54 Å². The number of carbonyl (C=O) groups is 1. The third-order valence-electron chi connectivity index (χ3n) is 6.12. The van der Waals surface area contributed by atoms with Crippen molar-refractivity contribution in [2.45, 2.75) is 51.2 Å². The summed E-state index contributed by atoms with van der Waals surface area (Å²) in [7, 11) is 1.83. The Morgan fingerprint density at radius 2 is 2.04 bits per heavy atom. The predicted octanol–water partition coefficient (Wildman–Crippen LogP) is 2.81. The highest BCUT2D eigenvalue weighted by molar-refractivity contribution is 6.18. The lowest BCUT2D eigenvalue weighted by molar-refractivity contribution is 0.0854. The quantitative estimate of drug-likeness (QED) is 0.838. The van der Waals surface area contributed by atoms with Crippen LogP contribution in [0.15, 0.2) is 35.3 Å². The minimum Gasteiger partial charge on any atom is -0.318 e. The van der Waals surface area contributed by atoms with Crippen LogP contribution in [0.25, 0.3) is 0 Å². The molecular weight excluding hydrogens is 326 g/mol. The highest BCUT2D eigenvalue weighted by atomic mass is 16.2. The third-order valence-corrected chi connectivity index (χ3v) is 6.12. The summed E-state index contributed by atoms with van der Waals surface area (Å²) in [5.41, 5.74) is 1.74. The topological polar surface area (TPSA) is 53.7 Å². The molecule has 5 rings (SSSR count). The Hall–Kier alpha value is -2.63. The lowest BCUT2D eigenvalue weighted by atomic mass is 9.97. The molecule has 6 heteroatoms. The van der Waals surface area contributed by atoms with Gasteiger partial charge in [0.25, 0.3) is 5.91 Å². The molecule has 0 bridgehead atoms. The number of hydrogen-bond acceptors (Lipinski definition) is 4. The summed E-state index contributed by atoms with van der Waals surface area (Å²) in [6.45, 7) is 4.84. The Balaban J connectivity index is 1.65. The summed E-state index contributed by atoms with van der Waals surface area (Å²) in [5.74, 6) is 2.40. The lowest BCUT2D eigenvalue weighted by Crippen LogP contribution is -2.52. The molecule has 2 atom stereocenters. The first-order valence-corrected chi connectivity index (χ1v) is 9.28. The van der Waals surface area contributed by atoms with Crippen LogP contribution in [0.5, 0.6) is 0 Å². The number of aryl methyl sites for hydroxylation is 1. The predicted molar refractivity (Wildman–Crippen MR) is 101 cm³/mol. The first-order chi connectivity index (χ1) is 12.5. The summed E-state index contributed by atoms with van der Waals surface area (Å²) in [6.07, 6.45) is 3.33. The second-order valence-corrected chi connectivity index (χ2v) is 7.81. The molecule has 1 amide bonds. The van der Waals surface area contributed by atoms with E-state index < -0.39 is 0 Å². The number of hydrogen-bond donors (Lipinski definition) is 0. The normalized spacial score (nSPS) is 26.7. The van der Waals surface area contributed by atoms with E-state index in [-0.39, 0.29) is 11.4 Å². The summed E-state index contributed by atoms with van der Waals surface area (Å²) in [5, 5.41) is 0. The van der Waals surface area contributed by atoms with Crippen LogP contribution in [0.3, 0.4) is 0 Å². The molecule has 0 saturated heterocycles. The molecule has 2 aliphatic heterocycles. The van der Waals surface area contributed by atoms with Crippen molar-refractivity contribution in [1.29, 1.82) is 0 Å². The van der Waals surface area contributed by atoms with Crippen molar-refractivity contribution in [3.8, 4) is 0 Å². The maximum absolute atomic E-state index is 13.2. The Labute approximate surface area is 153 Å². The van der Waals surface area contributed by atoms with E-state index in [1.54, 1.807) is 4.90 Å². The molecule has 1 aliphatic carbocycles. The van der Waals surface area contributed by atoms with Gasteiger partial charge in [0.05, 0.1) is 11.6 Å². The van der Waals surface area contributed by atoms with Crippen LogP contribution in [-0.4, -0.2) is 44.9 Å². The zero-order valence-electron chi connectivity index (χ0n) is 15.4. The molecule has 3 aliphatic rings. The average molecular weight is 349 g/mol. The van der Waals surface area contributed by atoms with Crippen LogP contribution < -0.4 is 4.90 Å². The number of anilines is 1. The first kappa shape index (κ1) is 15.6. The smallest absolute Gasteiger partial charge is 0.280 e. The van der Waals surface area contributed by atoms with Gasteiger partial charge in [-0.2, -0.15) is 0 Å². The van der Waals surface area contributed by atoms with Crippen molar-refractivity contribution >= 4 is 17.7 Å². The number of aliphatic imine (C=N–C) groups is 1. The molecule has 1 aromatic heterocycles. The number of fused-ring (bicyclic) bond motifs is 5. The van der Waals surface area contributed by atoms with Gasteiger partial charge in [-0.05, 0) is 38.7 Å². The second kappa shape index (κ2) is 5.19. The molecule has 0 radical (unpaired) electrons. The van der Waals surface area contributed by atoms with Gasteiger partial charge in [0, 0.05) is 13.6 Å². The SMILES string of the molecule is Cc1nc2c(n1Cc1ccccc1)C(=O)N(C)C1=N[C@@]3(C)CCCC3N12. The lowest BCUT2D eigenvalue weighted by Gasteiger charge is -2.35. The van der Waals surface area contributed by atoms with Crippen molar-refractivity contribution < 1.29 is 4.79 Å². The fraction of sp³-hybridized carbons (Fsp3) is 0.450. The summed E-state index contributed by atoms with van der Waals surface area (Å²) >= 11 is 0. The fourth-order valence-electron chi connectivity index (χ4n) is 4.71. The Morgan fingerprint density at radius 1 is 1.27 bits per heavy atom. The van der Waals surface area contributed by atoms with E-state index in [1.165, 1.54) is 6.42 Å². The van der Waals surface area contributed by atoms with E-state index in [9.17, 15) is 4.79 Å². The van der Waals surface area contributed by atoms with E-state index in [1.807, 2.05) is 36.7 Å².